The van der Waals surface area contributed by atoms with E-state index in [0.717, 1.165) is 17.8 Å². The number of nitrogens with zero attached hydrogens (tertiary/aromatic N) is 4. The van der Waals surface area contributed by atoms with Gasteiger partial charge in [0.15, 0.2) is 0 Å². The molecule has 2 aromatic rings. The fraction of sp³-hybridized carbons (Fsp3) is 0.478. The molecule has 1 aromatic carbocycles. The number of amides is 2. The van der Waals surface area contributed by atoms with E-state index >= 15 is 0 Å². The van der Waals surface area contributed by atoms with Gasteiger partial charge in [0.2, 0.25) is 5.91 Å². The minimum Gasteiger partial charge on any atom is -0.336 e. The van der Waals surface area contributed by atoms with E-state index in [1.807, 2.05) is 56.0 Å². The number of aromatic nitrogens is 2. The van der Waals surface area contributed by atoms with Crippen LogP contribution in [0.25, 0.3) is 0 Å². The van der Waals surface area contributed by atoms with Gasteiger partial charge in [-0.05, 0) is 18.9 Å². The van der Waals surface area contributed by atoms with Crippen molar-refractivity contribution in [3.8, 4) is 0 Å². The molecule has 1 aromatic heterocycles. The predicted molar refractivity (Wildman–Crippen MR) is 112 cm³/mol. The summed E-state index contributed by atoms with van der Waals surface area (Å²) in [7, 11) is 0. The highest BCUT2D eigenvalue weighted by atomic mass is 16.2. The minimum absolute atomic E-state index is 0.00896. The van der Waals surface area contributed by atoms with Crippen LogP contribution >= 0.6 is 0 Å². The van der Waals surface area contributed by atoms with E-state index in [9.17, 15) is 9.59 Å². The molecule has 29 heavy (non-hydrogen) atoms. The monoisotopic (exact) mass is 394 g/mol. The van der Waals surface area contributed by atoms with E-state index in [-0.39, 0.29) is 23.8 Å². The molecule has 6 nitrogen and oxygen atoms in total. The van der Waals surface area contributed by atoms with Gasteiger partial charge in [-0.1, -0.05) is 51.1 Å². The van der Waals surface area contributed by atoms with E-state index in [1.54, 1.807) is 11.1 Å². The fourth-order valence-corrected chi connectivity index (χ4v) is 3.70. The Hall–Kier alpha value is -2.76. The van der Waals surface area contributed by atoms with Crippen molar-refractivity contribution in [1.82, 2.24) is 19.8 Å². The van der Waals surface area contributed by atoms with Crippen LogP contribution in [0.3, 0.4) is 0 Å². The number of hydrogen-bond acceptors (Lipinski definition) is 4. The molecule has 3 rings (SSSR count). The van der Waals surface area contributed by atoms with Crippen molar-refractivity contribution in [2.45, 2.75) is 59.0 Å². The quantitative estimate of drug-likeness (QED) is 0.778. The largest absolute Gasteiger partial charge is 0.336 e. The summed E-state index contributed by atoms with van der Waals surface area (Å²) >= 11 is 0. The smallest absolute Gasteiger partial charge is 0.257 e. The summed E-state index contributed by atoms with van der Waals surface area (Å²) in [5, 5.41) is 0. The second kappa shape index (κ2) is 9.16. The molecule has 0 spiro atoms. The van der Waals surface area contributed by atoms with E-state index in [1.165, 1.54) is 0 Å². The maximum absolute atomic E-state index is 13.2. The zero-order chi connectivity index (χ0) is 21.0. The summed E-state index contributed by atoms with van der Waals surface area (Å²) in [5.41, 5.74) is 2.32. The van der Waals surface area contributed by atoms with Crippen molar-refractivity contribution in [1.29, 1.82) is 0 Å². The lowest BCUT2D eigenvalue weighted by atomic mass is 10.1. The first-order valence-corrected chi connectivity index (χ1v) is 10.4. The summed E-state index contributed by atoms with van der Waals surface area (Å²) in [6, 6.07) is 10.00. The highest BCUT2D eigenvalue weighted by Gasteiger charge is 2.31. The van der Waals surface area contributed by atoms with E-state index < -0.39 is 0 Å². The van der Waals surface area contributed by atoms with E-state index in [0.29, 0.717) is 37.3 Å². The van der Waals surface area contributed by atoms with Crippen molar-refractivity contribution in [2.75, 3.05) is 13.1 Å². The number of carbonyl (C=O) groups is 2. The summed E-state index contributed by atoms with van der Waals surface area (Å²) in [4.78, 5) is 38.6. The molecule has 0 saturated carbocycles. The highest BCUT2D eigenvalue weighted by molar-refractivity contribution is 5.95. The van der Waals surface area contributed by atoms with Crippen LogP contribution in [0.5, 0.6) is 0 Å². The molecule has 1 atom stereocenters. The summed E-state index contributed by atoms with van der Waals surface area (Å²) in [6.45, 7) is 9.50. The lowest BCUT2D eigenvalue weighted by molar-refractivity contribution is -0.133. The van der Waals surface area contributed by atoms with E-state index in [4.69, 9.17) is 0 Å². The van der Waals surface area contributed by atoms with Crippen molar-refractivity contribution in [3.63, 3.8) is 0 Å². The van der Waals surface area contributed by atoms with Crippen LogP contribution in [-0.2, 0) is 11.3 Å². The number of rotatable bonds is 5. The van der Waals surface area contributed by atoms with Gasteiger partial charge < -0.3 is 9.80 Å². The van der Waals surface area contributed by atoms with Gasteiger partial charge in [-0.2, -0.15) is 0 Å². The van der Waals surface area contributed by atoms with Gasteiger partial charge in [0, 0.05) is 44.2 Å². The van der Waals surface area contributed by atoms with Crippen LogP contribution in [0, 0.1) is 6.92 Å². The van der Waals surface area contributed by atoms with Gasteiger partial charge in [-0.25, -0.2) is 9.97 Å². The molecule has 1 unspecified atom stereocenters. The zero-order valence-electron chi connectivity index (χ0n) is 17.8. The average Bonchev–Trinajstić information content (AvgIpc) is 2.87. The van der Waals surface area contributed by atoms with Crippen molar-refractivity contribution in [3.05, 3.63) is 59.2 Å². The van der Waals surface area contributed by atoms with Crippen molar-refractivity contribution >= 4 is 11.8 Å². The molecular formula is C23H30N4O2. The molecule has 2 amide bonds. The second-order valence-corrected chi connectivity index (χ2v) is 7.95. The number of hydrogen-bond donors (Lipinski definition) is 0. The maximum atomic E-state index is 13.2. The Labute approximate surface area is 173 Å². The average molecular weight is 395 g/mol. The summed E-state index contributed by atoms with van der Waals surface area (Å²) in [5.74, 6) is 0.958. The molecule has 1 fully saturated rings. The third kappa shape index (κ3) is 4.81. The van der Waals surface area contributed by atoms with Gasteiger partial charge in [0.25, 0.3) is 5.91 Å². The number of aryl methyl sites for hydroxylation is 1. The molecule has 154 valence electrons. The Morgan fingerprint density at radius 1 is 1.24 bits per heavy atom. The predicted octanol–water partition coefficient (Wildman–Crippen LogP) is 3.56. The Kier molecular flexibility index (Phi) is 6.62. The zero-order valence-corrected chi connectivity index (χ0v) is 17.8. The molecule has 1 saturated heterocycles. The first kappa shape index (κ1) is 21.0. The SMILES string of the molecule is CCC1CN(C(=O)c2cnc(C(C)C)nc2C)CCC(=O)N1Cc1ccccc1. The van der Waals surface area contributed by atoms with Crippen molar-refractivity contribution in [2.24, 2.45) is 0 Å². The third-order valence-electron chi connectivity index (χ3n) is 5.49. The minimum atomic E-state index is -0.0920. The molecule has 1 aliphatic heterocycles. The lowest BCUT2D eigenvalue weighted by Crippen LogP contribution is -2.44. The standard InChI is InChI=1S/C23H30N4O2/c1-5-19-15-26(23(29)20-13-24-22(16(2)3)25-17(20)4)12-11-21(28)27(19)14-18-9-7-6-8-10-18/h6-10,13,16,19H,5,11-12,14-15H2,1-4H3. The van der Waals surface area contributed by atoms with Crippen LogP contribution in [0.15, 0.2) is 36.5 Å². The summed E-state index contributed by atoms with van der Waals surface area (Å²) < 4.78 is 0. The van der Waals surface area contributed by atoms with Crippen LogP contribution in [0.1, 0.15) is 67.0 Å². The second-order valence-electron chi connectivity index (χ2n) is 7.95. The Balaban J connectivity index is 1.80. The fourth-order valence-electron chi connectivity index (χ4n) is 3.70. The van der Waals surface area contributed by atoms with Gasteiger partial charge >= 0.3 is 0 Å². The normalized spacial score (nSPS) is 17.6. The molecule has 1 aliphatic rings. The number of benzene rings is 1. The Morgan fingerprint density at radius 2 is 1.97 bits per heavy atom. The molecule has 0 aliphatic carbocycles. The van der Waals surface area contributed by atoms with Gasteiger partial charge in [-0.15, -0.1) is 0 Å². The Bertz CT molecular complexity index is 866. The first-order valence-electron chi connectivity index (χ1n) is 10.4. The van der Waals surface area contributed by atoms with E-state index in [2.05, 4.69) is 16.9 Å². The molecule has 0 radical (unpaired) electrons. The molecule has 2 heterocycles. The molecular weight excluding hydrogens is 364 g/mol. The number of carbonyl (C=O) groups excluding carboxylic acids is 2. The van der Waals surface area contributed by atoms with Crippen LogP contribution in [0.4, 0.5) is 0 Å². The lowest BCUT2D eigenvalue weighted by Gasteiger charge is -2.31. The van der Waals surface area contributed by atoms with Crippen molar-refractivity contribution < 1.29 is 9.59 Å². The first-order chi connectivity index (χ1) is 13.9. The highest BCUT2D eigenvalue weighted by Crippen LogP contribution is 2.20. The Morgan fingerprint density at radius 3 is 2.59 bits per heavy atom. The maximum Gasteiger partial charge on any atom is 0.257 e. The van der Waals surface area contributed by atoms with Gasteiger partial charge in [0.05, 0.1) is 11.3 Å². The van der Waals surface area contributed by atoms with Crippen LogP contribution in [-0.4, -0.2) is 50.7 Å². The van der Waals surface area contributed by atoms with Crippen LogP contribution < -0.4 is 0 Å². The summed E-state index contributed by atoms with van der Waals surface area (Å²) in [6.07, 6.45) is 2.76. The van der Waals surface area contributed by atoms with Gasteiger partial charge in [-0.3, -0.25) is 9.59 Å². The molecule has 0 N–H and O–H groups in total. The van der Waals surface area contributed by atoms with Gasteiger partial charge in [0.1, 0.15) is 5.82 Å². The molecule has 6 heteroatoms. The molecule has 0 bridgehead atoms. The third-order valence-corrected chi connectivity index (χ3v) is 5.49. The topological polar surface area (TPSA) is 66.4 Å². The van der Waals surface area contributed by atoms with Crippen LogP contribution in [0.2, 0.25) is 0 Å².